The van der Waals surface area contributed by atoms with Crippen molar-refractivity contribution in [2.24, 2.45) is 5.73 Å². The summed E-state index contributed by atoms with van der Waals surface area (Å²) in [6.45, 7) is 5.23. The number of rotatable bonds is 5. The van der Waals surface area contributed by atoms with Gasteiger partial charge in [-0.2, -0.15) is 0 Å². The number of nitrogens with zero attached hydrogens (tertiary/aromatic N) is 2. The number of H-pyrrole nitrogens is 1. The molecule has 1 saturated heterocycles. The first kappa shape index (κ1) is 15.7. The monoisotopic (exact) mass is 292 g/mol. The Bertz CT molecular complexity index is 494. The molecule has 0 saturated carbocycles. The molecule has 3 N–H and O–H groups in total. The van der Waals surface area contributed by atoms with Crippen LogP contribution in [0, 0.1) is 0 Å². The Labute approximate surface area is 124 Å². The number of pyridine rings is 1. The van der Waals surface area contributed by atoms with Crippen LogP contribution < -0.4 is 11.3 Å². The van der Waals surface area contributed by atoms with Gasteiger partial charge in [-0.1, -0.05) is 0 Å². The summed E-state index contributed by atoms with van der Waals surface area (Å²) in [5, 5.41) is 0. The lowest BCUT2D eigenvalue weighted by molar-refractivity contribution is 0.0761. The number of aromatic amines is 1. The van der Waals surface area contributed by atoms with Gasteiger partial charge in [0.25, 0.3) is 5.91 Å². The van der Waals surface area contributed by atoms with E-state index in [4.69, 9.17) is 5.73 Å². The number of amides is 1. The fourth-order valence-electron chi connectivity index (χ4n) is 2.60. The number of hydrogen-bond donors (Lipinski definition) is 2. The number of aromatic nitrogens is 1. The average Bonchev–Trinajstić information content (AvgIpc) is 2.73. The van der Waals surface area contributed by atoms with E-state index in [-0.39, 0.29) is 11.5 Å². The molecule has 1 amide bonds. The normalized spacial score (nSPS) is 16.7. The molecule has 6 heteroatoms. The molecular formula is C15H24N4O2. The molecule has 0 atom stereocenters. The zero-order valence-corrected chi connectivity index (χ0v) is 12.4. The Balaban J connectivity index is 1.88. The second kappa shape index (κ2) is 7.95. The van der Waals surface area contributed by atoms with Gasteiger partial charge in [0.05, 0.1) is 5.56 Å². The van der Waals surface area contributed by atoms with Crippen LogP contribution in [0.1, 0.15) is 29.6 Å². The molecule has 1 aliphatic rings. The van der Waals surface area contributed by atoms with Crippen LogP contribution in [0.2, 0.25) is 0 Å². The third kappa shape index (κ3) is 4.68. The molecule has 0 spiro atoms. The van der Waals surface area contributed by atoms with E-state index >= 15 is 0 Å². The molecule has 0 unspecified atom stereocenters. The predicted octanol–water partition coefficient (Wildman–Crippen LogP) is 0.262. The number of nitrogens with two attached hydrogens (primary N) is 1. The van der Waals surface area contributed by atoms with Gasteiger partial charge in [0, 0.05) is 31.9 Å². The summed E-state index contributed by atoms with van der Waals surface area (Å²) in [5.74, 6) is -0.00458. The maximum atomic E-state index is 12.4. The van der Waals surface area contributed by atoms with E-state index in [1.807, 2.05) is 4.90 Å². The first-order valence-corrected chi connectivity index (χ1v) is 7.61. The molecule has 0 bridgehead atoms. The molecule has 6 nitrogen and oxygen atoms in total. The SMILES string of the molecule is NCCCCN1CCCN(C(=O)c2ccc(=O)[nH]c2)CC1. The summed E-state index contributed by atoms with van der Waals surface area (Å²) < 4.78 is 0. The molecule has 2 rings (SSSR count). The fourth-order valence-corrected chi connectivity index (χ4v) is 2.60. The van der Waals surface area contributed by atoms with Gasteiger partial charge in [-0.25, -0.2) is 0 Å². The Morgan fingerprint density at radius 2 is 2.05 bits per heavy atom. The Kier molecular flexibility index (Phi) is 5.95. The van der Waals surface area contributed by atoms with Crippen molar-refractivity contribution in [2.75, 3.05) is 39.3 Å². The van der Waals surface area contributed by atoms with Crippen molar-refractivity contribution >= 4 is 5.91 Å². The first-order chi connectivity index (χ1) is 10.2. The van der Waals surface area contributed by atoms with Crippen LogP contribution in [0.4, 0.5) is 0 Å². The zero-order valence-electron chi connectivity index (χ0n) is 12.4. The number of unbranched alkanes of at least 4 members (excludes halogenated alkanes) is 1. The maximum absolute atomic E-state index is 12.4. The Morgan fingerprint density at radius 3 is 2.76 bits per heavy atom. The third-order valence-corrected chi connectivity index (χ3v) is 3.84. The summed E-state index contributed by atoms with van der Waals surface area (Å²) in [4.78, 5) is 30.3. The van der Waals surface area contributed by atoms with Crippen molar-refractivity contribution in [1.29, 1.82) is 0 Å². The van der Waals surface area contributed by atoms with E-state index in [0.29, 0.717) is 5.56 Å². The highest BCUT2D eigenvalue weighted by Crippen LogP contribution is 2.08. The molecule has 1 aliphatic heterocycles. The van der Waals surface area contributed by atoms with Gasteiger partial charge in [0.2, 0.25) is 5.56 Å². The van der Waals surface area contributed by atoms with Gasteiger partial charge in [0.15, 0.2) is 0 Å². The van der Waals surface area contributed by atoms with E-state index in [0.717, 1.165) is 58.5 Å². The summed E-state index contributed by atoms with van der Waals surface area (Å²) in [6.07, 6.45) is 4.65. The minimum Gasteiger partial charge on any atom is -0.337 e. The molecule has 1 fully saturated rings. The van der Waals surface area contributed by atoms with Crippen molar-refractivity contribution < 1.29 is 4.79 Å². The quantitative estimate of drug-likeness (QED) is 0.763. The lowest BCUT2D eigenvalue weighted by Crippen LogP contribution is -2.35. The van der Waals surface area contributed by atoms with Crippen molar-refractivity contribution in [1.82, 2.24) is 14.8 Å². The topological polar surface area (TPSA) is 82.4 Å². The Morgan fingerprint density at radius 1 is 1.19 bits per heavy atom. The second-order valence-electron chi connectivity index (χ2n) is 5.42. The Hall–Kier alpha value is -1.66. The highest BCUT2D eigenvalue weighted by molar-refractivity contribution is 5.93. The van der Waals surface area contributed by atoms with Gasteiger partial charge in [-0.05, 0) is 45.0 Å². The summed E-state index contributed by atoms with van der Waals surface area (Å²) in [6, 6.07) is 2.98. The number of carbonyl (C=O) groups is 1. The standard InChI is InChI=1S/C15H24N4O2/c16-6-1-2-7-18-8-3-9-19(11-10-18)15(21)13-4-5-14(20)17-12-13/h4-5,12H,1-3,6-11,16H2,(H,17,20). The molecule has 0 radical (unpaired) electrons. The van der Waals surface area contributed by atoms with Crippen LogP contribution in [0.3, 0.4) is 0 Å². The summed E-state index contributed by atoms with van der Waals surface area (Å²) in [7, 11) is 0. The van der Waals surface area contributed by atoms with Crippen LogP contribution in [0.5, 0.6) is 0 Å². The van der Waals surface area contributed by atoms with Crippen molar-refractivity contribution in [3.05, 3.63) is 34.2 Å². The summed E-state index contributed by atoms with van der Waals surface area (Å²) >= 11 is 0. The molecule has 21 heavy (non-hydrogen) atoms. The minimum atomic E-state index is -0.187. The molecule has 0 aliphatic carbocycles. The summed E-state index contributed by atoms with van der Waals surface area (Å²) in [5.41, 5.74) is 5.88. The van der Waals surface area contributed by atoms with Crippen molar-refractivity contribution in [3.8, 4) is 0 Å². The fraction of sp³-hybridized carbons (Fsp3) is 0.600. The first-order valence-electron chi connectivity index (χ1n) is 7.61. The lowest BCUT2D eigenvalue weighted by Gasteiger charge is -2.22. The average molecular weight is 292 g/mol. The molecule has 1 aromatic heterocycles. The zero-order chi connectivity index (χ0) is 15.1. The van der Waals surface area contributed by atoms with Gasteiger partial charge in [0.1, 0.15) is 0 Å². The molecule has 2 heterocycles. The van der Waals surface area contributed by atoms with Crippen LogP contribution in [-0.4, -0.2) is 60.0 Å². The molecule has 0 aromatic carbocycles. The highest BCUT2D eigenvalue weighted by atomic mass is 16.2. The third-order valence-electron chi connectivity index (χ3n) is 3.84. The minimum absolute atomic E-state index is 0.00458. The second-order valence-corrected chi connectivity index (χ2v) is 5.42. The van der Waals surface area contributed by atoms with Gasteiger partial charge in [-0.15, -0.1) is 0 Å². The van der Waals surface area contributed by atoms with E-state index in [1.165, 1.54) is 12.3 Å². The van der Waals surface area contributed by atoms with Crippen LogP contribution in [-0.2, 0) is 0 Å². The number of nitrogens with one attached hydrogen (secondary N) is 1. The highest BCUT2D eigenvalue weighted by Gasteiger charge is 2.20. The van der Waals surface area contributed by atoms with Gasteiger partial charge >= 0.3 is 0 Å². The van der Waals surface area contributed by atoms with Crippen molar-refractivity contribution in [3.63, 3.8) is 0 Å². The van der Waals surface area contributed by atoms with E-state index in [2.05, 4.69) is 9.88 Å². The van der Waals surface area contributed by atoms with Crippen LogP contribution in [0.25, 0.3) is 0 Å². The molecular weight excluding hydrogens is 268 g/mol. The lowest BCUT2D eigenvalue weighted by atomic mass is 10.2. The number of hydrogen-bond acceptors (Lipinski definition) is 4. The van der Waals surface area contributed by atoms with Gasteiger partial charge < -0.3 is 20.5 Å². The van der Waals surface area contributed by atoms with E-state index < -0.39 is 0 Å². The van der Waals surface area contributed by atoms with Gasteiger partial charge in [-0.3, -0.25) is 9.59 Å². The number of carbonyl (C=O) groups excluding carboxylic acids is 1. The maximum Gasteiger partial charge on any atom is 0.255 e. The van der Waals surface area contributed by atoms with E-state index in [9.17, 15) is 9.59 Å². The molecule has 1 aromatic rings. The predicted molar refractivity (Wildman–Crippen MR) is 82.3 cm³/mol. The van der Waals surface area contributed by atoms with Crippen molar-refractivity contribution in [2.45, 2.75) is 19.3 Å². The largest absolute Gasteiger partial charge is 0.337 e. The van der Waals surface area contributed by atoms with E-state index in [1.54, 1.807) is 6.07 Å². The smallest absolute Gasteiger partial charge is 0.255 e. The van der Waals surface area contributed by atoms with Crippen LogP contribution in [0.15, 0.2) is 23.1 Å². The molecule has 116 valence electrons. The van der Waals surface area contributed by atoms with Crippen LogP contribution >= 0.6 is 0 Å².